The highest BCUT2D eigenvalue weighted by Crippen LogP contribution is 2.32. The minimum Gasteiger partial charge on any atom is -0.316 e. The van der Waals surface area contributed by atoms with Crippen molar-refractivity contribution in [3.63, 3.8) is 0 Å². The highest BCUT2D eigenvalue weighted by Gasteiger charge is 2.26. The van der Waals surface area contributed by atoms with E-state index in [1.807, 2.05) is 0 Å². The minimum atomic E-state index is 0.388. The third kappa shape index (κ3) is 4.40. The van der Waals surface area contributed by atoms with E-state index in [2.05, 4.69) is 66.3 Å². The monoisotopic (exact) mass is 311 g/mol. The molecular weight excluding hydrogens is 286 g/mol. The minimum absolute atomic E-state index is 0.388. The smallest absolute Gasteiger partial charge is 0.0207 e. The molecule has 0 spiro atoms. The van der Waals surface area contributed by atoms with E-state index < -0.39 is 0 Å². The Balaban J connectivity index is 2.75. The summed E-state index contributed by atoms with van der Waals surface area (Å²) in [6, 6.07) is 8.60. The van der Waals surface area contributed by atoms with E-state index >= 15 is 0 Å². The van der Waals surface area contributed by atoms with Gasteiger partial charge in [-0.2, -0.15) is 0 Å². The number of hydrogen-bond acceptors (Lipinski definition) is 1. The molecule has 0 amide bonds. The molecule has 0 aliphatic heterocycles. The Kier molecular flexibility index (Phi) is 6.95. The van der Waals surface area contributed by atoms with Crippen LogP contribution in [-0.4, -0.2) is 13.1 Å². The number of rotatable bonds is 8. The Bertz CT molecular complexity index is 345. The van der Waals surface area contributed by atoms with Gasteiger partial charge in [0.2, 0.25) is 0 Å². The Labute approximate surface area is 120 Å². The van der Waals surface area contributed by atoms with Crippen molar-refractivity contribution >= 4 is 15.9 Å². The lowest BCUT2D eigenvalue weighted by molar-refractivity contribution is 0.246. The van der Waals surface area contributed by atoms with Crippen LogP contribution in [0, 0.1) is 5.41 Å². The summed E-state index contributed by atoms with van der Waals surface area (Å²) in [4.78, 5) is 0. The summed E-state index contributed by atoms with van der Waals surface area (Å²) in [5.74, 6) is 0. The predicted molar refractivity (Wildman–Crippen MR) is 84.0 cm³/mol. The average Bonchev–Trinajstić information content (AvgIpc) is 2.40. The van der Waals surface area contributed by atoms with Gasteiger partial charge in [-0.3, -0.25) is 0 Å². The van der Waals surface area contributed by atoms with Crippen molar-refractivity contribution < 1.29 is 0 Å². The fourth-order valence-electron chi connectivity index (χ4n) is 2.39. The molecule has 0 atom stereocenters. The fourth-order valence-corrected chi connectivity index (χ4v) is 2.81. The van der Waals surface area contributed by atoms with Crippen LogP contribution >= 0.6 is 15.9 Å². The van der Waals surface area contributed by atoms with Crippen molar-refractivity contribution in [2.75, 3.05) is 13.1 Å². The van der Waals surface area contributed by atoms with Gasteiger partial charge < -0.3 is 5.32 Å². The molecule has 1 aromatic rings. The lowest BCUT2D eigenvalue weighted by Gasteiger charge is -2.32. The van der Waals surface area contributed by atoms with Gasteiger partial charge >= 0.3 is 0 Å². The highest BCUT2D eigenvalue weighted by molar-refractivity contribution is 9.10. The average molecular weight is 312 g/mol. The van der Waals surface area contributed by atoms with E-state index in [-0.39, 0.29) is 0 Å². The van der Waals surface area contributed by atoms with E-state index in [9.17, 15) is 0 Å². The van der Waals surface area contributed by atoms with E-state index in [1.54, 1.807) is 0 Å². The second-order valence-corrected chi connectivity index (χ2v) is 6.01. The van der Waals surface area contributed by atoms with Crippen LogP contribution in [0.15, 0.2) is 28.7 Å². The van der Waals surface area contributed by atoms with Gasteiger partial charge in [0, 0.05) is 11.0 Å². The van der Waals surface area contributed by atoms with Crippen LogP contribution in [-0.2, 0) is 6.42 Å². The summed E-state index contributed by atoms with van der Waals surface area (Å²) in [6.45, 7) is 9.09. The molecule has 18 heavy (non-hydrogen) atoms. The van der Waals surface area contributed by atoms with Gasteiger partial charge in [0.05, 0.1) is 0 Å². The van der Waals surface area contributed by atoms with Crippen molar-refractivity contribution in [3.05, 3.63) is 34.3 Å². The zero-order valence-corrected chi connectivity index (χ0v) is 13.5. The van der Waals surface area contributed by atoms with Crippen molar-refractivity contribution in [3.8, 4) is 0 Å². The quantitative estimate of drug-likeness (QED) is 0.680. The third-order valence-electron chi connectivity index (χ3n) is 3.95. The van der Waals surface area contributed by atoms with Gasteiger partial charge in [-0.1, -0.05) is 54.9 Å². The zero-order valence-electron chi connectivity index (χ0n) is 11.9. The van der Waals surface area contributed by atoms with Gasteiger partial charge in [0.15, 0.2) is 0 Å². The van der Waals surface area contributed by atoms with Crippen LogP contribution < -0.4 is 5.32 Å². The second-order valence-electron chi connectivity index (χ2n) is 5.15. The zero-order chi connectivity index (χ0) is 13.4. The first-order valence-corrected chi connectivity index (χ1v) is 7.91. The maximum Gasteiger partial charge on any atom is 0.0207 e. The molecule has 1 aromatic carbocycles. The number of benzene rings is 1. The third-order valence-corrected chi connectivity index (χ3v) is 4.72. The molecule has 102 valence electrons. The van der Waals surface area contributed by atoms with Crippen LogP contribution in [0.2, 0.25) is 0 Å². The van der Waals surface area contributed by atoms with E-state index in [0.29, 0.717) is 5.41 Å². The van der Waals surface area contributed by atoms with E-state index in [1.165, 1.54) is 29.3 Å². The van der Waals surface area contributed by atoms with Crippen molar-refractivity contribution in [2.24, 2.45) is 5.41 Å². The molecule has 1 rings (SSSR count). The van der Waals surface area contributed by atoms with Crippen molar-refractivity contribution in [1.82, 2.24) is 5.32 Å². The second kappa shape index (κ2) is 7.96. The van der Waals surface area contributed by atoms with Gasteiger partial charge in [0.1, 0.15) is 0 Å². The van der Waals surface area contributed by atoms with Gasteiger partial charge in [-0.15, -0.1) is 0 Å². The Morgan fingerprint density at radius 1 is 1.11 bits per heavy atom. The first-order chi connectivity index (χ1) is 8.67. The molecule has 0 radical (unpaired) electrons. The molecule has 0 bridgehead atoms. The van der Waals surface area contributed by atoms with Crippen LogP contribution in [0.5, 0.6) is 0 Å². The van der Waals surface area contributed by atoms with Crippen molar-refractivity contribution in [2.45, 2.75) is 46.5 Å². The SMILES string of the molecule is CCCNCC(CC)(CC)Cc1ccccc1Br. The normalized spacial score (nSPS) is 11.8. The van der Waals surface area contributed by atoms with Crippen molar-refractivity contribution in [1.29, 1.82) is 0 Å². The lowest BCUT2D eigenvalue weighted by Crippen LogP contribution is -2.35. The van der Waals surface area contributed by atoms with Gasteiger partial charge in [-0.25, -0.2) is 0 Å². The Morgan fingerprint density at radius 2 is 1.78 bits per heavy atom. The molecule has 1 N–H and O–H groups in total. The Morgan fingerprint density at radius 3 is 2.33 bits per heavy atom. The Hall–Kier alpha value is -0.340. The summed E-state index contributed by atoms with van der Waals surface area (Å²) in [5.41, 5.74) is 1.82. The first-order valence-electron chi connectivity index (χ1n) is 7.11. The predicted octanol–water partition coefficient (Wildman–Crippen LogP) is 4.80. The first kappa shape index (κ1) is 15.7. The van der Waals surface area contributed by atoms with Gasteiger partial charge in [-0.05, 0) is 49.3 Å². The number of hydrogen-bond donors (Lipinski definition) is 1. The van der Waals surface area contributed by atoms with Crippen LogP contribution in [0.4, 0.5) is 0 Å². The molecule has 1 nitrogen and oxygen atoms in total. The molecule has 0 fully saturated rings. The molecule has 0 aliphatic rings. The summed E-state index contributed by atoms with van der Waals surface area (Å²) in [5, 5.41) is 3.60. The molecule has 0 unspecified atom stereocenters. The molecule has 0 heterocycles. The lowest BCUT2D eigenvalue weighted by atomic mass is 9.77. The molecular formula is C16H26BrN. The van der Waals surface area contributed by atoms with Crippen LogP contribution in [0.25, 0.3) is 0 Å². The fraction of sp³-hybridized carbons (Fsp3) is 0.625. The summed E-state index contributed by atoms with van der Waals surface area (Å²) in [7, 11) is 0. The molecule has 0 aliphatic carbocycles. The van der Waals surface area contributed by atoms with Crippen LogP contribution in [0.3, 0.4) is 0 Å². The van der Waals surface area contributed by atoms with Crippen LogP contribution in [0.1, 0.15) is 45.6 Å². The van der Waals surface area contributed by atoms with E-state index in [4.69, 9.17) is 0 Å². The summed E-state index contributed by atoms with van der Waals surface area (Å²) in [6.07, 6.45) is 4.81. The topological polar surface area (TPSA) is 12.0 Å². The largest absolute Gasteiger partial charge is 0.316 e. The van der Waals surface area contributed by atoms with Gasteiger partial charge in [0.25, 0.3) is 0 Å². The highest BCUT2D eigenvalue weighted by atomic mass is 79.9. The number of nitrogens with one attached hydrogen (secondary N) is 1. The molecule has 0 saturated heterocycles. The maximum atomic E-state index is 3.67. The molecule has 0 saturated carbocycles. The standard InChI is InChI=1S/C16H26BrN/c1-4-11-18-13-16(5-2,6-3)12-14-9-7-8-10-15(14)17/h7-10,18H,4-6,11-13H2,1-3H3. The molecule has 2 heteroatoms. The van der Waals surface area contributed by atoms with E-state index in [0.717, 1.165) is 19.5 Å². The summed E-state index contributed by atoms with van der Waals surface area (Å²) >= 11 is 3.67. The number of halogens is 1. The molecule has 0 aromatic heterocycles. The maximum absolute atomic E-state index is 3.67. The summed E-state index contributed by atoms with van der Waals surface area (Å²) < 4.78 is 1.24.